The summed E-state index contributed by atoms with van der Waals surface area (Å²) in [4.78, 5) is 10.8. The van der Waals surface area contributed by atoms with Gasteiger partial charge in [-0.15, -0.1) is 0 Å². The molecule has 4 heteroatoms. The van der Waals surface area contributed by atoms with Gasteiger partial charge in [0.2, 0.25) is 0 Å². The molecule has 86 valence electrons. The van der Waals surface area contributed by atoms with E-state index in [1.807, 2.05) is 0 Å². The standard InChI is InChI=1S/C12H13FO3/c1-7-4-9(13)10(14)5-8(7)12(2-3-12)6-11(15)16/h4-5,14H,2-3,6H2,1H3,(H,15,16). The zero-order chi connectivity index (χ0) is 11.9. The number of aryl methyl sites for hydroxylation is 1. The van der Waals surface area contributed by atoms with E-state index in [4.69, 9.17) is 5.11 Å². The Hall–Kier alpha value is -1.58. The molecule has 0 bridgehead atoms. The molecule has 0 heterocycles. The molecule has 2 N–H and O–H groups in total. The van der Waals surface area contributed by atoms with Crippen LogP contribution in [-0.2, 0) is 10.2 Å². The number of hydrogen-bond donors (Lipinski definition) is 2. The van der Waals surface area contributed by atoms with Gasteiger partial charge in [-0.1, -0.05) is 0 Å². The normalized spacial score (nSPS) is 17.1. The lowest BCUT2D eigenvalue weighted by molar-refractivity contribution is -0.137. The second-order valence-electron chi connectivity index (χ2n) is 4.47. The molecule has 2 rings (SSSR count). The number of aromatic hydroxyl groups is 1. The predicted octanol–water partition coefficient (Wildman–Crippen LogP) is 2.35. The largest absolute Gasteiger partial charge is 0.505 e. The lowest BCUT2D eigenvalue weighted by Gasteiger charge is -2.16. The van der Waals surface area contributed by atoms with Gasteiger partial charge in [0.05, 0.1) is 6.42 Å². The molecule has 1 fully saturated rings. The first-order valence-corrected chi connectivity index (χ1v) is 5.16. The van der Waals surface area contributed by atoms with Crippen molar-refractivity contribution in [1.82, 2.24) is 0 Å². The smallest absolute Gasteiger partial charge is 0.304 e. The summed E-state index contributed by atoms with van der Waals surface area (Å²) in [5.74, 6) is -1.93. The summed E-state index contributed by atoms with van der Waals surface area (Å²) in [5, 5.41) is 18.2. The molecule has 1 saturated carbocycles. The molecule has 0 unspecified atom stereocenters. The van der Waals surface area contributed by atoms with E-state index < -0.39 is 17.5 Å². The van der Waals surface area contributed by atoms with Gasteiger partial charge in [-0.3, -0.25) is 4.79 Å². The molecule has 0 spiro atoms. The molecule has 0 radical (unpaired) electrons. The van der Waals surface area contributed by atoms with Crippen molar-refractivity contribution in [2.45, 2.75) is 31.6 Å². The van der Waals surface area contributed by atoms with Crippen LogP contribution in [0.15, 0.2) is 12.1 Å². The van der Waals surface area contributed by atoms with Crippen molar-refractivity contribution in [1.29, 1.82) is 0 Å². The highest BCUT2D eigenvalue weighted by Gasteiger charge is 2.47. The molecular weight excluding hydrogens is 211 g/mol. The van der Waals surface area contributed by atoms with Crippen LogP contribution in [0.2, 0.25) is 0 Å². The molecule has 0 aromatic heterocycles. The maximum atomic E-state index is 13.1. The van der Waals surface area contributed by atoms with E-state index in [0.717, 1.165) is 18.4 Å². The van der Waals surface area contributed by atoms with Crippen LogP contribution in [0.1, 0.15) is 30.4 Å². The van der Waals surface area contributed by atoms with Crippen molar-refractivity contribution in [3.63, 3.8) is 0 Å². The minimum absolute atomic E-state index is 0.0406. The highest BCUT2D eigenvalue weighted by atomic mass is 19.1. The molecule has 0 aliphatic heterocycles. The Morgan fingerprint density at radius 2 is 2.12 bits per heavy atom. The Balaban J connectivity index is 2.41. The van der Waals surface area contributed by atoms with Crippen molar-refractivity contribution in [3.8, 4) is 5.75 Å². The van der Waals surface area contributed by atoms with Gasteiger partial charge >= 0.3 is 5.97 Å². The minimum atomic E-state index is -0.860. The number of hydrogen-bond acceptors (Lipinski definition) is 2. The number of aliphatic carboxylic acids is 1. The fourth-order valence-electron chi connectivity index (χ4n) is 2.21. The Labute approximate surface area is 92.5 Å². The maximum Gasteiger partial charge on any atom is 0.304 e. The first-order valence-electron chi connectivity index (χ1n) is 5.16. The number of carbonyl (C=O) groups is 1. The fourth-order valence-corrected chi connectivity index (χ4v) is 2.21. The van der Waals surface area contributed by atoms with E-state index in [1.54, 1.807) is 6.92 Å². The predicted molar refractivity (Wildman–Crippen MR) is 56.0 cm³/mol. The van der Waals surface area contributed by atoms with Crippen LogP contribution in [0.25, 0.3) is 0 Å². The van der Waals surface area contributed by atoms with Crippen LogP contribution in [0.5, 0.6) is 5.75 Å². The first-order chi connectivity index (χ1) is 7.44. The lowest BCUT2D eigenvalue weighted by Crippen LogP contribution is -2.14. The van der Waals surface area contributed by atoms with Crippen LogP contribution < -0.4 is 0 Å². The molecule has 16 heavy (non-hydrogen) atoms. The van der Waals surface area contributed by atoms with E-state index in [9.17, 15) is 14.3 Å². The Morgan fingerprint density at radius 1 is 1.50 bits per heavy atom. The second-order valence-corrected chi connectivity index (χ2v) is 4.47. The van der Waals surface area contributed by atoms with Crippen LogP contribution in [0, 0.1) is 12.7 Å². The van der Waals surface area contributed by atoms with Crippen LogP contribution in [0.4, 0.5) is 4.39 Å². The quantitative estimate of drug-likeness (QED) is 0.828. The molecule has 1 aromatic carbocycles. The zero-order valence-corrected chi connectivity index (χ0v) is 8.96. The summed E-state index contributed by atoms with van der Waals surface area (Å²) in [6.45, 7) is 1.74. The molecular formula is C12H13FO3. The third-order valence-electron chi connectivity index (χ3n) is 3.21. The molecule has 0 saturated heterocycles. The summed E-state index contributed by atoms with van der Waals surface area (Å²) >= 11 is 0. The molecule has 3 nitrogen and oxygen atoms in total. The number of rotatable bonds is 3. The fraction of sp³-hybridized carbons (Fsp3) is 0.417. The van der Waals surface area contributed by atoms with Gasteiger partial charge in [-0.2, -0.15) is 0 Å². The van der Waals surface area contributed by atoms with Gasteiger partial charge in [0.25, 0.3) is 0 Å². The van der Waals surface area contributed by atoms with E-state index >= 15 is 0 Å². The SMILES string of the molecule is Cc1cc(F)c(O)cc1C1(CC(=O)O)CC1. The van der Waals surface area contributed by atoms with Gasteiger partial charge in [0, 0.05) is 5.41 Å². The van der Waals surface area contributed by atoms with Crippen molar-refractivity contribution < 1.29 is 19.4 Å². The van der Waals surface area contributed by atoms with Gasteiger partial charge in [-0.25, -0.2) is 4.39 Å². The van der Waals surface area contributed by atoms with Crippen molar-refractivity contribution in [2.75, 3.05) is 0 Å². The Bertz CT molecular complexity index is 450. The van der Waals surface area contributed by atoms with Gasteiger partial charge in [0.1, 0.15) is 0 Å². The Kier molecular flexibility index (Phi) is 2.37. The first kappa shape index (κ1) is 10.9. The molecule has 1 aliphatic carbocycles. The highest BCUT2D eigenvalue weighted by Crippen LogP contribution is 2.52. The summed E-state index contributed by atoms with van der Waals surface area (Å²) in [6, 6.07) is 2.62. The number of halogens is 1. The van der Waals surface area contributed by atoms with Crippen LogP contribution in [-0.4, -0.2) is 16.2 Å². The van der Waals surface area contributed by atoms with Crippen molar-refractivity contribution in [2.24, 2.45) is 0 Å². The molecule has 1 aliphatic rings. The monoisotopic (exact) mass is 224 g/mol. The average Bonchev–Trinajstić information content (AvgIpc) is 2.91. The lowest BCUT2D eigenvalue weighted by atomic mass is 9.89. The van der Waals surface area contributed by atoms with Crippen LogP contribution >= 0.6 is 0 Å². The summed E-state index contributed by atoms with van der Waals surface area (Å²) in [6.07, 6.45) is 1.61. The van der Waals surface area contributed by atoms with Crippen LogP contribution in [0.3, 0.4) is 0 Å². The van der Waals surface area contributed by atoms with Gasteiger partial charge in [-0.05, 0) is 43.0 Å². The van der Waals surface area contributed by atoms with Crippen molar-refractivity contribution >= 4 is 5.97 Å². The van der Waals surface area contributed by atoms with E-state index in [0.29, 0.717) is 5.56 Å². The van der Waals surface area contributed by atoms with Crippen molar-refractivity contribution in [3.05, 3.63) is 29.1 Å². The van der Waals surface area contributed by atoms with Gasteiger partial charge < -0.3 is 10.2 Å². The molecule has 0 amide bonds. The number of carboxylic acid groups (broad SMARTS) is 1. The molecule has 1 aromatic rings. The third-order valence-corrected chi connectivity index (χ3v) is 3.21. The van der Waals surface area contributed by atoms with Gasteiger partial charge in [0.15, 0.2) is 11.6 Å². The Morgan fingerprint density at radius 3 is 2.62 bits per heavy atom. The third kappa shape index (κ3) is 1.75. The number of phenolic OH excluding ortho intramolecular Hbond substituents is 1. The summed E-state index contributed by atoms with van der Waals surface area (Å²) in [7, 11) is 0. The van der Waals surface area contributed by atoms with E-state index in [2.05, 4.69) is 0 Å². The number of phenols is 1. The highest BCUT2D eigenvalue weighted by molar-refractivity contribution is 5.70. The minimum Gasteiger partial charge on any atom is -0.505 e. The molecule has 0 atom stereocenters. The summed E-state index contributed by atoms with van der Waals surface area (Å²) in [5.41, 5.74) is 1.07. The number of carboxylic acids is 1. The second kappa shape index (κ2) is 3.47. The maximum absolute atomic E-state index is 13.1. The topological polar surface area (TPSA) is 57.5 Å². The summed E-state index contributed by atoms with van der Waals surface area (Å²) < 4.78 is 13.1. The van der Waals surface area contributed by atoms with E-state index in [1.165, 1.54) is 12.1 Å². The average molecular weight is 224 g/mol. The zero-order valence-electron chi connectivity index (χ0n) is 8.96. The van der Waals surface area contributed by atoms with E-state index in [-0.39, 0.29) is 11.8 Å². The number of benzene rings is 1.